The van der Waals surface area contributed by atoms with Gasteiger partial charge in [-0.25, -0.2) is 8.42 Å². The molecule has 0 spiro atoms. The number of hydrogen-bond acceptors (Lipinski definition) is 4. The first-order valence-electron chi connectivity index (χ1n) is 6.05. The van der Waals surface area contributed by atoms with E-state index >= 15 is 0 Å². The van der Waals surface area contributed by atoms with Crippen LogP contribution in [0, 0.1) is 0 Å². The molecule has 21 heavy (non-hydrogen) atoms. The highest BCUT2D eigenvalue weighted by Crippen LogP contribution is 2.43. The SMILES string of the molecule is [N-]=[N+]=Nc1ccc2c(c1)S(=O)(=O)C(c1ccccc1)=C2N. The Balaban J connectivity index is 2.27. The molecule has 7 heteroatoms. The third kappa shape index (κ3) is 1.96. The van der Waals surface area contributed by atoms with Crippen LogP contribution in [0.2, 0.25) is 0 Å². The third-order valence-corrected chi connectivity index (χ3v) is 5.16. The second-order valence-corrected chi connectivity index (χ2v) is 6.34. The molecule has 0 saturated carbocycles. The highest BCUT2D eigenvalue weighted by molar-refractivity contribution is 8.01. The van der Waals surface area contributed by atoms with Crippen molar-refractivity contribution in [2.75, 3.05) is 0 Å². The number of nitrogens with two attached hydrogens (primary N) is 1. The Morgan fingerprint density at radius 3 is 2.48 bits per heavy atom. The van der Waals surface area contributed by atoms with Crippen LogP contribution < -0.4 is 5.73 Å². The van der Waals surface area contributed by atoms with E-state index in [1.807, 2.05) is 0 Å². The van der Waals surface area contributed by atoms with Gasteiger partial charge in [0.2, 0.25) is 9.84 Å². The van der Waals surface area contributed by atoms with Crippen LogP contribution in [0.15, 0.2) is 58.5 Å². The van der Waals surface area contributed by atoms with Gasteiger partial charge in [0, 0.05) is 16.2 Å². The summed E-state index contributed by atoms with van der Waals surface area (Å²) in [5.41, 5.74) is 15.9. The molecular formula is C14H10N4O2S. The van der Waals surface area contributed by atoms with Crippen LogP contribution in [0.3, 0.4) is 0 Å². The number of sulfone groups is 1. The molecule has 1 aliphatic rings. The lowest BCUT2D eigenvalue weighted by atomic mass is 10.1. The molecule has 0 amide bonds. The number of fused-ring (bicyclic) bond motifs is 1. The average Bonchev–Trinajstić information content (AvgIpc) is 2.67. The van der Waals surface area contributed by atoms with Crippen molar-refractivity contribution in [1.82, 2.24) is 0 Å². The molecule has 0 fully saturated rings. The van der Waals surface area contributed by atoms with Crippen molar-refractivity contribution in [3.8, 4) is 0 Å². The largest absolute Gasteiger partial charge is 0.397 e. The van der Waals surface area contributed by atoms with Crippen LogP contribution >= 0.6 is 0 Å². The summed E-state index contributed by atoms with van der Waals surface area (Å²) in [6, 6.07) is 13.1. The number of nitrogens with zero attached hydrogens (tertiary/aromatic N) is 3. The van der Waals surface area contributed by atoms with E-state index in [0.29, 0.717) is 11.1 Å². The van der Waals surface area contributed by atoms with Gasteiger partial charge < -0.3 is 5.73 Å². The topological polar surface area (TPSA) is 109 Å². The van der Waals surface area contributed by atoms with Crippen molar-refractivity contribution in [1.29, 1.82) is 0 Å². The van der Waals surface area contributed by atoms with Gasteiger partial charge in [-0.3, -0.25) is 0 Å². The van der Waals surface area contributed by atoms with Crippen LogP contribution in [0.1, 0.15) is 11.1 Å². The molecule has 0 radical (unpaired) electrons. The van der Waals surface area contributed by atoms with Crippen molar-refractivity contribution >= 4 is 26.1 Å². The maximum atomic E-state index is 12.7. The molecular weight excluding hydrogens is 288 g/mol. The minimum atomic E-state index is -3.72. The first-order valence-corrected chi connectivity index (χ1v) is 7.54. The Morgan fingerprint density at radius 2 is 1.81 bits per heavy atom. The molecule has 0 aliphatic carbocycles. The van der Waals surface area contributed by atoms with Gasteiger partial charge in [-0.05, 0) is 17.2 Å². The zero-order chi connectivity index (χ0) is 15.0. The van der Waals surface area contributed by atoms with Crippen molar-refractivity contribution < 1.29 is 8.42 Å². The third-order valence-electron chi connectivity index (χ3n) is 3.25. The van der Waals surface area contributed by atoms with E-state index in [0.717, 1.165) is 0 Å². The van der Waals surface area contributed by atoms with Gasteiger partial charge in [0.1, 0.15) is 4.91 Å². The van der Waals surface area contributed by atoms with Crippen LogP contribution in [0.4, 0.5) is 5.69 Å². The first kappa shape index (κ1) is 13.2. The van der Waals surface area contributed by atoms with Crippen LogP contribution in [0.25, 0.3) is 21.0 Å². The van der Waals surface area contributed by atoms with E-state index < -0.39 is 9.84 Å². The summed E-state index contributed by atoms with van der Waals surface area (Å²) in [6.45, 7) is 0. The Bertz CT molecular complexity index is 911. The monoisotopic (exact) mass is 298 g/mol. The van der Waals surface area contributed by atoms with Gasteiger partial charge >= 0.3 is 0 Å². The van der Waals surface area contributed by atoms with Crippen molar-refractivity contribution in [3.63, 3.8) is 0 Å². The highest BCUT2D eigenvalue weighted by Gasteiger charge is 2.35. The maximum Gasteiger partial charge on any atom is 0.209 e. The minimum absolute atomic E-state index is 0.0729. The average molecular weight is 298 g/mol. The summed E-state index contributed by atoms with van der Waals surface area (Å²) in [5, 5.41) is 3.43. The summed E-state index contributed by atoms with van der Waals surface area (Å²) < 4.78 is 25.4. The van der Waals surface area contributed by atoms with Crippen LogP contribution in [-0.2, 0) is 9.84 Å². The number of hydrogen-bond donors (Lipinski definition) is 1. The molecule has 0 atom stereocenters. The molecule has 0 saturated heterocycles. The predicted octanol–water partition coefficient (Wildman–Crippen LogP) is 3.20. The summed E-state index contributed by atoms with van der Waals surface area (Å²) in [6.07, 6.45) is 0. The summed E-state index contributed by atoms with van der Waals surface area (Å²) in [7, 11) is -3.72. The van der Waals surface area contributed by atoms with E-state index in [9.17, 15) is 8.42 Å². The molecule has 2 N–H and O–H groups in total. The van der Waals surface area contributed by atoms with E-state index in [-0.39, 0.29) is 21.2 Å². The van der Waals surface area contributed by atoms with E-state index in [1.165, 1.54) is 12.1 Å². The molecule has 0 aromatic heterocycles. The standard InChI is InChI=1S/C14H10N4O2S/c15-13-11-7-6-10(17-18-16)8-12(11)21(19,20)14(13)9-4-2-1-3-5-9/h1-8H,15H2. The van der Waals surface area contributed by atoms with Crippen molar-refractivity contribution in [3.05, 3.63) is 70.1 Å². The molecule has 0 unspecified atom stereocenters. The zero-order valence-corrected chi connectivity index (χ0v) is 11.6. The van der Waals surface area contributed by atoms with Crippen molar-refractivity contribution in [2.45, 2.75) is 4.90 Å². The van der Waals surface area contributed by atoms with E-state index in [4.69, 9.17) is 11.3 Å². The van der Waals surface area contributed by atoms with Gasteiger partial charge in [0.25, 0.3) is 0 Å². The molecule has 104 valence electrons. The lowest BCUT2D eigenvalue weighted by Crippen LogP contribution is -2.01. The second-order valence-electron chi connectivity index (χ2n) is 4.48. The predicted molar refractivity (Wildman–Crippen MR) is 79.9 cm³/mol. The van der Waals surface area contributed by atoms with Crippen LogP contribution in [-0.4, -0.2) is 8.42 Å². The first-order chi connectivity index (χ1) is 10.1. The fourth-order valence-corrected chi connectivity index (χ4v) is 4.16. The number of benzene rings is 2. The summed E-state index contributed by atoms with van der Waals surface area (Å²) >= 11 is 0. The quantitative estimate of drug-likeness (QED) is 0.522. The summed E-state index contributed by atoms with van der Waals surface area (Å²) in [5.74, 6) is 0. The Kier molecular flexibility index (Phi) is 2.94. The zero-order valence-electron chi connectivity index (χ0n) is 10.8. The van der Waals surface area contributed by atoms with Crippen LogP contribution in [0.5, 0.6) is 0 Å². The van der Waals surface area contributed by atoms with E-state index in [2.05, 4.69) is 10.0 Å². The van der Waals surface area contributed by atoms with Gasteiger partial charge in [-0.1, -0.05) is 47.6 Å². The second kappa shape index (κ2) is 4.66. The fourth-order valence-electron chi connectivity index (χ4n) is 2.35. The lowest BCUT2D eigenvalue weighted by Gasteiger charge is -2.04. The minimum Gasteiger partial charge on any atom is -0.397 e. The normalized spacial score (nSPS) is 15.4. The smallest absolute Gasteiger partial charge is 0.209 e. The number of rotatable bonds is 2. The molecule has 1 heterocycles. The van der Waals surface area contributed by atoms with Gasteiger partial charge in [0.15, 0.2) is 0 Å². The maximum absolute atomic E-state index is 12.7. The summed E-state index contributed by atoms with van der Waals surface area (Å²) in [4.78, 5) is 2.83. The molecule has 3 rings (SSSR count). The molecule has 2 aromatic carbocycles. The Labute approximate surface area is 121 Å². The highest BCUT2D eigenvalue weighted by atomic mass is 32.2. The molecule has 1 aliphatic heterocycles. The van der Waals surface area contributed by atoms with Crippen molar-refractivity contribution in [2.24, 2.45) is 10.8 Å². The molecule has 6 nitrogen and oxygen atoms in total. The Morgan fingerprint density at radius 1 is 1.10 bits per heavy atom. The fraction of sp³-hybridized carbons (Fsp3) is 0. The lowest BCUT2D eigenvalue weighted by molar-refractivity contribution is 0.606. The van der Waals surface area contributed by atoms with Gasteiger partial charge in [-0.15, -0.1) is 0 Å². The van der Waals surface area contributed by atoms with E-state index in [1.54, 1.807) is 36.4 Å². The molecule has 2 aromatic rings. The Hall–Kier alpha value is -2.76. The molecule has 0 bridgehead atoms. The van der Waals surface area contributed by atoms with Gasteiger partial charge in [0.05, 0.1) is 10.6 Å². The number of azide groups is 1. The van der Waals surface area contributed by atoms with Gasteiger partial charge in [-0.2, -0.15) is 0 Å².